The number of carboxylic acids is 1. The summed E-state index contributed by atoms with van der Waals surface area (Å²) in [6.07, 6.45) is -6.14. The molecule has 0 aromatic rings. The zero-order valence-electron chi connectivity index (χ0n) is 11.7. The summed E-state index contributed by atoms with van der Waals surface area (Å²) < 4.78 is 42.9. The van der Waals surface area contributed by atoms with Gasteiger partial charge in [0.1, 0.15) is 11.6 Å². The molecule has 8 heteroatoms. The van der Waals surface area contributed by atoms with Crippen molar-refractivity contribution in [2.45, 2.75) is 64.3 Å². The molecule has 0 aromatic heterocycles. The number of alkyl carbamates (subject to hydrolysis) is 1. The van der Waals surface area contributed by atoms with Crippen molar-refractivity contribution in [1.29, 1.82) is 0 Å². The number of aliphatic carboxylic acids is 1. The lowest BCUT2D eigenvalue weighted by atomic mass is 10.1. The molecule has 0 bridgehead atoms. The fraction of sp³-hybridized carbons (Fsp3) is 0.833. The van der Waals surface area contributed by atoms with Crippen LogP contribution in [-0.4, -0.2) is 35.0 Å². The Labute approximate surface area is 115 Å². The predicted molar refractivity (Wildman–Crippen MR) is 65.3 cm³/mol. The average molecular weight is 299 g/mol. The van der Waals surface area contributed by atoms with Crippen LogP contribution < -0.4 is 5.32 Å². The molecule has 0 rings (SSSR count). The van der Waals surface area contributed by atoms with Crippen LogP contribution in [0.1, 0.15) is 46.5 Å². The van der Waals surface area contributed by atoms with Gasteiger partial charge in [-0.2, -0.15) is 13.2 Å². The first-order valence-corrected chi connectivity index (χ1v) is 6.20. The van der Waals surface area contributed by atoms with E-state index in [0.717, 1.165) is 0 Å². The molecule has 1 unspecified atom stereocenters. The highest BCUT2D eigenvalue weighted by molar-refractivity contribution is 5.68. The molecule has 0 radical (unpaired) electrons. The quantitative estimate of drug-likeness (QED) is 0.739. The number of amides is 1. The Bertz CT molecular complexity index is 337. The predicted octanol–water partition coefficient (Wildman–Crippen LogP) is 3.09. The smallest absolute Gasteiger partial charge is 0.408 e. The lowest BCUT2D eigenvalue weighted by molar-refractivity contribution is -0.156. The van der Waals surface area contributed by atoms with Crippen LogP contribution in [0.15, 0.2) is 0 Å². The van der Waals surface area contributed by atoms with E-state index in [1.54, 1.807) is 26.1 Å². The molecule has 0 aromatic carbocycles. The second kappa shape index (κ2) is 7.35. The minimum absolute atomic E-state index is 0.0479. The molecule has 1 amide bonds. The van der Waals surface area contributed by atoms with Crippen LogP contribution in [0.2, 0.25) is 0 Å². The summed E-state index contributed by atoms with van der Waals surface area (Å²) in [6, 6.07) is -2.04. The fourth-order valence-electron chi connectivity index (χ4n) is 1.39. The van der Waals surface area contributed by atoms with E-state index in [1.165, 1.54) is 0 Å². The Balaban J connectivity index is 4.37. The van der Waals surface area contributed by atoms with Gasteiger partial charge in [-0.1, -0.05) is 6.42 Å². The third-order valence-electron chi connectivity index (χ3n) is 2.22. The van der Waals surface area contributed by atoms with Crippen LogP contribution in [0.25, 0.3) is 0 Å². The highest BCUT2D eigenvalue weighted by atomic mass is 19.4. The maximum Gasteiger partial charge on any atom is 0.408 e. The number of carbonyl (C=O) groups excluding carboxylic acids is 1. The minimum atomic E-state index is -4.60. The van der Waals surface area contributed by atoms with Crippen molar-refractivity contribution in [3.8, 4) is 0 Å². The van der Waals surface area contributed by atoms with Gasteiger partial charge in [0.25, 0.3) is 0 Å². The number of hydrogen-bond acceptors (Lipinski definition) is 3. The van der Waals surface area contributed by atoms with Gasteiger partial charge in [0, 0.05) is 6.42 Å². The molecule has 0 heterocycles. The molecule has 2 N–H and O–H groups in total. The molecule has 0 fully saturated rings. The standard InChI is InChI=1S/C12H20F3NO4/c1-11(2,3)20-10(19)16-8(12(13,14)15)6-4-5-7-9(17)18/h8H,4-7H2,1-3H3,(H,16,19)(H,17,18). The summed E-state index contributed by atoms with van der Waals surface area (Å²) in [7, 11) is 0. The van der Waals surface area contributed by atoms with Crippen molar-refractivity contribution in [2.24, 2.45) is 0 Å². The Morgan fingerprint density at radius 2 is 1.75 bits per heavy atom. The van der Waals surface area contributed by atoms with Gasteiger partial charge >= 0.3 is 18.2 Å². The van der Waals surface area contributed by atoms with E-state index >= 15 is 0 Å². The molecule has 118 valence electrons. The van der Waals surface area contributed by atoms with E-state index in [4.69, 9.17) is 9.84 Å². The highest BCUT2D eigenvalue weighted by Gasteiger charge is 2.40. The van der Waals surface area contributed by atoms with Crippen LogP contribution in [0.5, 0.6) is 0 Å². The number of carbonyl (C=O) groups is 2. The van der Waals surface area contributed by atoms with Gasteiger partial charge in [0.05, 0.1) is 0 Å². The van der Waals surface area contributed by atoms with E-state index in [-0.39, 0.29) is 25.7 Å². The Morgan fingerprint density at radius 3 is 2.15 bits per heavy atom. The van der Waals surface area contributed by atoms with Gasteiger partial charge in [-0.05, 0) is 33.6 Å². The molecule has 0 saturated heterocycles. The first kappa shape index (κ1) is 18.5. The van der Waals surface area contributed by atoms with Crippen molar-refractivity contribution in [1.82, 2.24) is 5.32 Å². The maximum absolute atomic E-state index is 12.7. The Morgan fingerprint density at radius 1 is 1.20 bits per heavy atom. The lowest BCUT2D eigenvalue weighted by Gasteiger charge is -2.25. The topological polar surface area (TPSA) is 75.6 Å². The van der Waals surface area contributed by atoms with Crippen LogP contribution in [-0.2, 0) is 9.53 Å². The van der Waals surface area contributed by atoms with Crippen LogP contribution in [0.4, 0.5) is 18.0 Å². The third-order valence-corrected chi connectivity index (χ3v) is 2.22. The van der Waals surface area contributed by atoms with Gasteiger partial charge in [0.2, 0.25) is 0 Å². The van der Waals surface area contributed by atoms with Crippen molar-refractivity contribution in [3.63, 3.8) is 0 Å². The summed E-state index contributed by atoms with van der Waals surface area (Å²) in [5, 5.41) is 10.2. The maximum atomic E-state index is 12.7. The Hall–Kier alpha value is -1.47. The molecule has 0 aliphatic heterocycles. The highest BCUT2D eigenvalue weighted by Crippen LogP contribution is 2.24. The number of hydrogen-bond donors (Lipinski definition) is 2. The van der Waals surface area contributed by atoms with E-state index in [9.17, 15) is 22.8 Å². The van der Waals surface area contributed by atoms with Crippen LogP contribution in [0.3, 0.4) is 0 Å². The normalized spacial score (nSPS) is 13.7. The van der Waals surface area contributed by atoms with Gasteiger partial charge in [-0.3, -0.25) is 4.79 Å². The summed E-state index contributed by atoms with van der Waals surface area (Å²) in [6.45, 7) is 4.63. The minimum Gasteiger partial charge on any atom is -0.481 e. The van der Waals surface area contributed by atoms with E-state index in [1.807, 2.05) is 0 Å². The second-order valence-corrected chi connectivity index (χ2v) is 5.38. The van der Waals surface area contributed by atoms with E-state index in [2.05, 4.69) is 0 Å². The number of halogens is 3. The molecule has 0 aliphatic rings. The first-order valence-electron chi connectivity index (χ1n) is 6.20. The molecule has 0 aliphatic carbocycles. The average Bonchev–Trinajstić information content (AvgIpc) is 2.17. The third kappa shape index (κ3) is 9.46. The molecule has 0 spiro atoms. The van der Waals surface area contributed by atoms with Crippen LogP contribution in [0, 0.1) is 0 Å². The van der Waals surface area contributed by atoms with Gasteiger partial charge < -0.3 is 15.2 Å². The van der Waals surface area contributed by atoms with Crippen molar-refractivity contribution in [2.75, 3.05) is 0 Å². The van der Waals surface area contributed by atoms with E-state index in [0.29, 0.717) is 0 Å². The second-order valence-electron chi connectivity index (χ2n) is 5.38. The van der Waals surface area contributed by atoms with Crippen molar-refractivity contribution >= 4 is 12.1 Å². The lowest BCUT2D eigenvalue weighted by Crippen LogP contribution is -2.47. The summed E-state index contributed by atoms with van der Waals surface area (Å²) in [5.74, 6) is -1.06. The van der Waals surface area contributed by atoms with Crippen LogP contribution >= 0.6 is 0 Å². The molecular formula is C12H20F3NO4. The molecule has 20 heavy (non-hydrogen) atoms. The zero-order valence-corrected chi connectivity index (χ0v) is 11.7. The monoisotopic (exact) mass is 299 g/mol. The largest absolute Gasteiger partial charge is 0.481 e. The van der Waals surface area contributed by atoms with Crippen molar-refractivity contribution < 1.29 is 32.6 Å². The van der Waals surface area contributed by atoms with E-state index < -0.39 is 29.9 Å². The Kier molecular flexibility index (Phi) is 6.81. The van der Waals surface area contributed by atoms with Gasteiger partial charge in [-0.25, -0.2) is 4.79 Å². The summed E-state index contributed by atoms with van der Waals surface area (Å²) >= 11 is 0. The van der Waals surface area contributed by atoms with Gasteiger partial charge in [0.15, 0.2) is 0 Å². The summed E-state index contributed by atoms with van der Waals surface area (Å²) in [5.41, 5.74) is -0.885. The first-order chi connectivity index (χ1) is 8.92. The van der Waals surface area contributed by atoms with Gasteiger partial charge in [-0.15, -0.1) is 0 Å². The molecule has 5 nitrogen and oxygen atoms in total. The number of ether oxygens (including phenoxy) is 1. The number of unbranched alkanes of at least 4 members (excludes halogenated alkanes) is 1. The zero-order chi connectivity index (χ0) is 16.0. The molecule has 1 atom stereocenters. The number of rotatable bonds is 6. The molecule has 0 saturated carbocycles. The number of alkyl halides is 3. The number of carboxylic acid groups (broad SMARTS) is 1. The summed E-state index contributed by atoms with van der Waals surface area (Å²) in [4.78, 5) is 21.6. The molecular weight excluding hydrogens is 279 g/mol. The number of nitrogens with one attached hydrogen (secondary N) is 1. The van der Waals surface area contributed by atoms with Crippen molar-refractivity contribution in [3.05, 3.63) is 0 Å². The fourth-order valence-corrected chi connectivity index (χ4v) is 1.39. The SMILES string of the molecule is CC(C)(C)OC(=O)NC(CCCCC(=O)O)C(F)(F)F.